The molecule has 2 heterocycles. The van der Waals surface area contributed by atoms with E-state index in [1.165, 1.54) is 22.8 Å². The van der Waals surface area contributed by atoms with Gasteiger partial charge in [0.05, 0.1) is 5.69 Å². The molecule has 2 aromatic carbocycles. The minimum Gasteiger partial charge on any atom is -0.356 e. The van der Waals surface area contributed by atoms with Gasteiger partial charge in [-0.15, -0.1) is 0 Å². The van der Waals surface area contributed by atoms with E-state index in [1.807, 2.05) is 31.2 Å². The molecule has 0 saturated heterocycles. The zero-order chi connectivity index (χ0) is 20.9. The van der Waals surface area contributed by atoms with E-state index in [0.29, 0.717) is 0 Å². The number of aromatic nitrogens is 1. The minimum atomic E-state index is -0.530. The molecule has 0 aliphatic carbocycles. The van der Waals surface area contributed by atoms with Gasteiger partial charge in [0.1, 0.15) is 0 Å². The Kier molecular flexibility index (Phi) is 6.07. The first-order valence-electron chi connectivity index (χ1n) is 10.1. The second kappa shape index (κ2) is 9.07. The highest BCUT2D eigenvalue weighted by atomic mass is 16.5. The molecule has 1 amide bonds. The normalized spacial score (nSPS) is 14.1. The average molecular weight is 403 g/mol. The van der Waals surface area contributed by atoms with E-state index in [-0.39, 0.29) is 0 Å². The molecular weight excluding hydrogens is 378 g/mol. The summed E-state index contributed by atoms with van der Waals surface area (Å²) in [4.78, 5) is 13.6. The second-order valence-electron chi connectivity index (χ2n) is 7.56. The number of nitrogens with one attached hydrogen (secondary N) is 1. The highest BCUT2D eigenvalue weighted by Crippen LogP contribution is 2.27. The molecule has 0 spiro atoms. The first-order chi connectivity index (χ1) is 14.6. The Morgan fingerprint density at radius 3 is 2.87 bits per heavy atom. The third-order valence-electron chi connectivity index (χ3n) is 5.56. The molecule has 0 unspecified atom stereocenters. The van der Waals surface area contributed by atoms with Crippen molar-refractivity contribution in [3.05, 3.63) is 82.6 Å². The molecule has 6 heteroatoms. The van der Waals surface area contributed by atoms with Gasteiger partial charge in [0, 0.05) is 36.8 Å². The lowest BCUT2D eigenvalue weighted by Crippen LogP contribution is -2.32. The summed E-state index contributed by atoms with van der Waals surface area (Å²) < 4.78 is 5.62. The monoisotopic (exact) mass is 403 g/mol. The Balaban J connectivity index is 1.42. The third-order valence-corrected chi connectivity index (χ3v) is 5.56. The SMILES string of the molecule is Cc1noc(-c2ccccc2)c1CCN1CCc2cc(/C=C/C(=O)NO)ccc2C1. The van der Waals surface area contributed by atoms with Crippen LogP contribution in [0, 0.1) is 6.92 Å². The molecular formula is C24H25N3O3. The number of hydrogen-bond acceptors (Lipinski definition) is 5. The zero-order valence-corrected chi connectivity index (χ0v) is 17.0. The molecule has 0 fully saturated rings. The van der Waals surface area contributed by atoms with Crippen molar-refractivity contribution < 1.29 is 14.5 Å². The summed E-state index contributed by atoms with van der Waals surface area (Å²) in [5.74, 6) is 0.339. The van der Waals surface area contributed by atoms with E-state index in [9.17, 15) is 4.79 Å². The van der Waals surface area contributed by atoms with Crippen molar-refractivity contribution in [2.24, 2.45) is 0 Å². The third kappa shape index (κ3) is 4.50. The van der Waals surface area contributed by atoms with E-state index in [1.54, 1.807) is 11.6 Å². The smallest absolute Gasteiger partial charge is 0.267 e. The largest absolute Gasteiger partial charge is 0.356 e. The molecule has 154 valence electrons. The fourth-order valence-corrected chi connectivity index (χ4v) is 3.90. The molecule has 4 rings (SSSR count). The van der Waals surface area contributed by atoms with Crippen LogP contribution in [0.15, 0.2) is 59.1 Å². The number of hydroxylamine groups is 1. The van der Waals surface area contributed by atoms with E-state index in [0.717, 1.165) is 55.1 Å². The maximum absolute atomic E-state index is 11.2. The van der Waals surface area contributed by atoms with E-state index >= 15 is 0 Å². The molecule has 1 aliphatic heterocycles. The Bertz CT molecular complexity index is 1060. The first kappa shape index (κ1) is 20.1. The lowest BCUT2D eigenvalue weighted by atomic mass is 9.96. The van der Waals surface area contributed by atoms with Crippen molar-refractivity contribution in [1.82, 2.24) is 15.5 Å². The molecule has 6 nitrogen and oxygen atoms in total. The predicted molar refractivity (Wildman–Crippen MR) is 115 cm³/mol. The Morgan fingerprint density at radius 2 is 2.07 bits per heavy atom. The highest BCUT2D eigenvalue weighted by molar-refractivity contribution is 5.90. The topological polar surface area (TPSA) is 78.6 Å². The van der Waals surface area contributed by atoms with Crippen molar-refractivity contribution in [1.29, 1.82) is 0 Å². The van der Waals surface area contributed by atoms with Gasteiger partial charge in [0.25, 0.3) is 5.91 Å². The van der Waals surface area contributed by atoms with Gasteiger partial charge >= 0.3 is 0 Å². The summed E-state index contributed by atoms with van der Waals surface area (Å²) in [6, 6.07) is 16.4. The Hall–Kier alpha value is -3.22. The maximum atomic E-state index is 11.2. The minimum absolute atomic E-state index is 0.530. The molecule has 0 bridgehead atoms. The first-order valence-corrected chi connectivity index (χ1v) is 10.1. The van der Waals surface area contributed by atoms with Crippen LogP contribution in [-0.4, -0.2) is 34.3 Å². The number of nitrogens with zero attached hydrogens (tertiary/aromatic N) is 2. The van der Waals surface area contributed by atoms with Gasteiger partial charge in [-0.25, -0.2) is 5.48 Å². The summed E-state index contributed by atoms with van der Waals surface area (Å²) in [5, 5.41) is 12.8. The van der Waals surface area contributed by atoms with Crippen LogP contribution in [0.4, 0.5) is 0 Å². The number of rotatable bonds is 6. The molecule has 2 N–H and O–H groups in total. The molecule has 0 atom stereocenters. The summed E-state index contributed by atoms with van der Waals surface area (Å²) in [5.41, 5.74) is 8.38. The second-order valence-corrected chi connectivity index (χ2v) is 7.56. The average Bonchev–Trinajstić information content (AvgIpc) is 3.16. The van der Waals surface area contributed by atoms with Crippen LogP contribution in [0.1, 0.15) is 27.9 Å². The summed E-state index contributed by atoms with van der Waals surface area (Å²) >= 11 is 0. The fraction of sp³-hybridized carbons (Fsp3) is 0.250. The van der Waals surface area contributed by atoms with Gasteiger partial charge in [-0.05, 0) is 42.5 Å². The standard InChI is InChI=1S/C24H25N3O3/c1-17-22(24(30-26-17)19-5-3-2-4-6-19)12-14-27-13-11-20-15-18(7-9-21(20)16-27)8-10-23(28)25-29/h2-10,15,29H,11-14,16H2,1H3,(H,25,28)/b10-8+. The molecule has 0 radical (unpaired) electrons. The van der Waals surface area contributed by atoms with Crippen LogP contribution in [0.5, 0.6) is 0 Å². The van der Waals surface area contributed by atoms with Crippen molar-refractivity contribution in [3.8, 4) is 11.3 Å². The molecule has 1 aromatic heterocycles. The van der Waals surface area contributed by atoms with Gasteiger partial charge in [-0.3, -0.25) is 14.9 Å². The number of hydrogen-bond donors (Lipinski definition) is 2. The summed E-state index contributed by atoms with van der Waals surface area (Å²) in [6.45, 7) is 4.84. The summed E-state index contributed by atoms with van der Waals surface area (Å²) in [7, 11) is 0. The number of carbonyl (C=O) groups is 1. The lowest BCUT2D eigenvalue weighted by molar-refractivity contribution is -0.124. The maximum Gasteiger partial charge on any atom is 0.267 e. The molecule has 3 aromatic rings. The molecule has 1 aliphatic rings. The fourth-order valence-electron chi connectivity index (χ4n) is 3.90. The van der Waals surface area contributed by atoms with Crippen LogP contribution in [-0.2, 0) is 24.2 Å². The number of aryl methyl sites for hydroxylation is 1. The van der Waals surface area contributed by atoms with E-state index < -0.39 is 5.91 Å². The predicted octanol–water partition coefficient (Wildman–Crippen LogP) is 3.77. The quantitative estimate of drug-likeness (QED) is 0.372. The molecule has 30 heavy (non-hydrogen) atoms. The van der Waals surface area contributed by atoms with Crippen molar-refractivity contribution in [2.75, 3.05) is 13.1 Å². The van der Waals surface area contributed by atoms with Crippen LogP contribution >= 0.6 is 0 Å². The van der Waals surface area contributed by atoms with Crippen molar-refractivity contribution in [2.45, 2.75) is 26.3 Å². The van der Waals surface area contributed by atoms with E-state index in [2.05, 4.69) is 34.3 Å². The van der Waals surface area contributed by atoms with Gasteiger partial charge in [0.15, 0.2) is 5.76 Å². The highest BCUT2D eigenvalue weighted by Gasteiger charge is 2.19. The number of carbonyl (C=O) groups excluding carboxylic acids is 1. The number of fused-ring (bicyclic) bond motifs is 1. The van der Waals surface area contributed by atoms with Gasteiger partial charge in [0.2, 0.25) is 0 Å². The Morgan fingerprint density at radius 1 is 1.23 bits per heavy atom. The van der Waals surface area contributed by atoms with E-state index in [4.69, 9.17) is 9.73 Å². The van der Waals surface area contributed by atoms with Gasteiger partial charge in [-0.1, -0.05) is 53.7 Å². The van der Waals surface area contributed by atoms with Gasteiger partial charge in [-0.2, -0.15) is 0 Å². The van der Waals surface area contributed by atoms with Crippen molar-refractivity contribution in [3.63, 3.8) is 0 Å². The number of benzene rings is 2. The van der Waals surface area contributed by atoms with Gasteiger partial charge < -0.3 is 4.52 Å². The number of amides is 1. The van der Waals surface area contributed by atoms with Crippen LogP contribution in [0.3, 0.4) is 0 Å². The van der Waals surface area contributed by atoms with Crippen LogP contribution in [0.2, 0.25) is 0 Å². The Labute approximate surface area is 175 Å². The zero-order valence-electron chi connectivity index (χ0n) is 17.0. The van der Waals surface area contributed by atoms with Crippen LogP contribution < -0.4 is 5.48 Å². The molecule has 0 saturated carbocycles. The summed E-state index contributed by atoms with van der Waals surface area (Å²) in [6.07, 6.45) is 4.89. The van der Waals surface area contributed by atoms with Crippen molar-refractivity contribution >= 4 is 12.0 Å². The van der Waals surface area contributed by atoms with Crippen LogP contribution in [0.25, 0.3) is 17.4 Å². The lowest BCUT2D eigenvalue weighted by Gasteiger charge is -2.29.